The van der Waals surface area contributed by atoms with Crippen LogP contribution in [0.3, 0.4) is 0 Å². The molecule has 2 fully saturated rings. The number of ether oxygens (including phenoxy) is 1. The van der Waals surface area contributed by atoms with Gasteiger partial charge in [-0.25, -0.2) is 0 Å². The Labute approximate surface area is 144 Å². The maximum absolute atomic E-state index is 12.9. The number of amides is 1. The summed E-state index contributed by atoms with van der Waals surface area (Å²) in [6.45, 7) is 8.85. The van der Waals surface area contributed by atoms with E-state index in [0.29, 0.717) is 12.0 Å². The molecule has 0 spiro atoms. The van der Waals surface area contributed by atoms with Crippen LogP contribution in [0.25, 0.3) is 0 Å². The molecule has 0 aliphatic carbocycles. The van der Waals surface area contributed by atoms with E-state index in [-0.39, 0.29) is 18.0 Å². The quantitative estimate of drug-likeness (QED) is 0.900. The number of aryl methyl sites for hydroxylation is 1. The van der Waals surface area contributed by atoms with E-state index in [2.05, 4.69) is 42.0 Å². The molecule has 132 valence electrons. The first-order valence-corrected chi connectivity index (χ1v) is 9.13. The summed E-state index contributed by atoms with van der Waals surface area (Å²) in [6, 6.07) is 4.41. The Morgan fingerprint density at radius 1 is 1.29 bits per heavy atom. The Morgan fingerprint density at radius 3 is 2.71 bits per heavy atom. The lowest BCUT2D eigenvalue weighted by Gasteiger charge is -2.32. The van der Waals surface area contributed by atoms with Crippen LogP contribution in [0.1, 0.15) is 50.4 Å². The number of carbonyl (C=O) groups excluding carboxylic acids is 1. The molecule has 2 atom stereocenters. The maximum atomic E-state index is 12.9. The van der Waals surface area contributed by atoms with Gasteiger partial charge in [0, 0.05) is 32.0 Å². The summed E-state index contributed by atoms with van der Waals surface area (Å²) in [5, 5.41) is 3.61. The predicted octanol–water partition coefficient (Wildman–Crippen LogP) is 2.46. The third kappa shape index (κ3) is 3.62. The number of pyridine rings is 1. The Bertz CT molecular complexity index is 569. The van der Waals surface area contributed by atoms with Crippen molar-refractivity contribution in [2.45, 2.75) is 58.2 Å². The molecule has 0 radical (unpaired) electrons. The second-order valence-electron chi connectivity index (χ2n) is 7.31. The standard InChI is InChI=1S/C19H29N3O2/c1-13(2)17(18-14(3)5-4-9-20-18)21-16-6-10-22(19(16)23)15-7-11-24-12-8-15/h4-5,9,13,15-17,21H,6-8,10-12H2,1-3H3/t16-,17+/m0/s1. The summed E-state index contributed by atoms with van der Waals surface area (Å²) in [5.74, 6) is 0.629. The first-order chi connectivity index (χ1) is 11.6. The van der Waals surface area contributed by atoms with Gasteiger partial charge >= 0.3 is 0 Å². The molecule has 5 nitrogen and oxygen atoms in total. The monoisotopic (exact) mass is 331 g/mol. The van der Waals surface area contributed by atoms with Gasteiger partial charge in [0.25, 0.3) is 0 Å². The molecule has 24 heavy (non-hydrogen) atoms. The van der Waals surface area contributed by atoms with Gasteiger partial charge in [-0.1, -0.05) is 19.9 Å². The first kappa shape index (κ1) is 17.4. The summed E-state index contributed by atoms with van der Waals surface area (Å²) in [7, 11) is 0. The van der Waals surface area contributed by atoms with Gasteiger partial charge in [-0.2, -0.15) is 0 Å². The molecule has 2 aliphatic heterocycles. The predicted molar refractivity (Wildman–Crippen MR) is 93.6 cm³/mol. The maximum Gasteiger partial charge on any atom is 0.240 e. The lowest BCUT2D eigenvalue weighted by molar-refractivity contribution is -0.133. The van der Waals surface area contributed by atoms with E-state index in [4.69, 9.17) is 4.74 Å². The third-order valence-corrected chi connectivity index (χ3v) is 5.26. The van der Waals surface area contributed by atoms with Crippen molar-refractivity contribution in [1.82, 2.24) is 15.2 Å². The number of likely N-dealkylation sites (tertiary alicyclic amines) is 1. The second kappa shape index (κ2) is 7.62. The molecule has 3 rings (SSSR count). The van der Waals surface area contributed by atoms with E-state index in [1.165, 1.54) is 5.56 Å². The zero-order valence-corrected chi connectivity index (χ0v) is 15.0. The summed E-state index contributed by atoms with van der Waals surface area (Å²) < 4.78 is 5.43. The Balaban J connectivity index is 1.70. The second-order valence-corrected chi connectivity index (χ2v) is 7.31. The Hall–Kier alpha value is -1.46. The topological polar surface area (TPSA) is 54.5 Å². The fraction of sp³-hybridized carbons (Fsp3) is 0.684. The van der Waals surface area contributed by atoms with E-state index < -0.39 is 0 Å². The third-order valence-electron chi connectivity index (χ3n) is 5.26. The average Bonchev–Trinajstić information content (AvgIpc) is 2.95. The number of hydrogen-bond acceptors (Lipinski definition) is 4. The van der Waals surface area contributed by atoms with Crippen molar-refractivity contribution in [3.05, 3.63) is 29.6 Å². The van der Waals surface area contributed by atoms with Gasteiger partial charge in [0.1, 0.15) is 0 Å². The molecule has 1 aromatic rings. The van der Waals surface area contributed by atoms with Crippen LogP contribution in [0.2, 0.25) is 0 Å². The van der Waals surface area contributed by atoms with Crippen LogP contribution in [0.4, 0.5) is 0 Å². The minimum absolute atomic E-state index is 0.0957. The minimum Gasteiger partial charge on any atom is -0.381 e. The van der Waals surface area contributed by atoms with Crippen LogP contribution in [-0.2, 0) is 9.53 Å². The molecule has 1 N–H and O–H groups in total. The van der Waals surface area contributed by atoms with Gasteiger partial charge in [-0.05, 0) is 43.7 Å². The van der Waals surface area contributed by atoms with Crippen molar-refractivity contribution in [2.24, 2.45) is 5.92 Å². The van der Waals surface area contributed by atoms with E-state index in [9.17, 15) is 4.79 Å². The lowest BCUT2D eigenvalue weighted by Crippen LogP contribution is -2.46. The number of hydrogen-bond donors (Lipinski definition) is 1. The lowest BCUT2D eigenvalue weighted by atomic mass is 9.96. The van der Waals surface area contributed by atoms with Gasteiger partial charge in [-0.15, -0.1) is 0 Å². The number of carbonyl (C=O) groups is 1. The van der Waals surface area contributed by atoms with Crippen LogP contribution >= 0.6 is 0 Å². The van der Waals surface area contributed by atoms with Crippen LogP contribution in [-0.4, -0.2) is 47.6 Å². The van der Waals surface area contributed by atoms with Crippen LogP contribution in [0.15, 0.2) is 18.3 Å². The van der Waals surface area contributed by atoms with Gasteiger partial charge in [-0.3, -0.25) is 15.1 Å². The summed E-state index contributed by atoms with van der Waals surface area (Å²) >= 11 is 0. The van der Waals surface area contributed by atoms with Crippen molar-refractivity contribution in [1.29, 1.82) is 0 Å². The summed E-state index contributed by atoms with van der Waals surface area (Å²) in [4.78, 5) is 19.5. The minimum atomic E-state index is -0.0957. The molecule has 1 aromatic heterocycles. The molecular weight excluding hydrogens is 302 g/mol. The normalized spacial score (nSPS) is 23.9. The fourth-order valence-corrected chi connectivity index (χ4v) is 3.84. The highest BCUT2D eigenvalue weighted by atomic mass is 16.5. The number of rotatable bonds is 5. The van der Waals surface area contributed by atoms with E-state index in [1.807, 2.05) is 12.3 Å². The fourth-order valence-electron chi connectivity index (χ4n) is 3.84. The largest absolute Gasteiger partial charge is 0.381 e. The zero-order chi connectivity index (χ0) is 17.1. The molecule has 2 aliphatic rings. The SMILES string of the molecule is Cc1cccnc1[C@H](N[C@H]1CCN(C2CCOCC2)C1=O)C(C)C. The number of nitrogens with zero attached hydrogens (tertiary/aromatic N) is 2. The van der Waals surface area contributed by atoms with Gasteiger partial charge < -0.3 is 9.64 Å². The summed E-state index contributed by atoms with van der Waals surface area (Å²) in [6.07, 6.45) is 4.65. The van der Waals surface area contributed by atoms with Crippen LogP contribution in [0, 0.1) is 12.8 Å². The van der Waals surface area contributed by atoms with Gasteiger partial charge in [0.05, 0.1) is 17.8 Å². The average molecular weight is 331 g/mol. The molecule has 0 bridgehead atoms. The molecule has 0 saturated carbocycles. The zero-order valence-electron chi connectivity index (χ0n) is 15.0. The highest BCUT2D eigenvalue weighted by molar-refractivity contribution is 5.84. The molecule has 0 unspecified atom stereocenters. The molecule has 2 saturated heterocycles. The number of nitrogens with one attached hydrogen (secondary N) is 1. The van der Waals surface area contributed by atoms with Crippen LogP contribution in [0.5, 0.6) is 0 Å². The smallest absolute Gasteiger partial charge is 0.240 e. The van der Waals surface area contributed by atoms with E-state index in [0.717, 1.165) is 44.7 Å². The molecule has 0 aromatic carbocycles. The van der Waals surface area contributed by atoms with Gasteiger partial charge in [0.15, 0.2) is 0 Å². The van der Waals surface area contributed by atoms with Crippen molar-refractivity contribution < 1.29 is 9.53 Å². The van der Waals surface area contributed by atoms with Crippen molar-refractivity contribution in [3.63, 3.8) is 0 Å². The Kier molecular flexibility index (Phi) is 5.51. The van der Waals surface area contributed by atoms with Crippen molar-refractivity contribution in [2.75, 3.05) is 19.8 Å². The van der Waals surface area contributed by atoms with Crippen molar-refractivity contribution >= 4 is 5.91 Å². The molecule has 3 heterocycles. The van der Waals surface area contributed by atoms with E-state index >= 15 is 0 Å². The number of aromatic nitrogens is 1. The van der Waals surface area contributed by atoms with Crippen molar-refractivity contribution in [3.8, 4) is 0 Å². The molecule has 5 heteroatoms. The molecular formula is C19H29N3O2. The summed E-state index contributed by atoms with van der Waals surface area (Å²) in [5.41, 5.74) is 2.24. The molecule has 1 amide bonds. The Morgan fingerprint density at radius 2 is 2.04 bits per heavy atom. The highest BCUT2D eigenvalue weighted by Gasteiger charge is 2.38. The van der Waals surface area contributed by atoms with Gasteiger partial charge in [0.2, 0.25) is 5.91 Å². The first-order valence-electron chi connectivity index (χ1n) is 9.13. The van der Waals surface area contributed by atoms with E-state index in [1.54, 1.807) is 0 Å². The highest BCUT2D eigenvalue weighted by Crippen LogP contribution is 2.27. The van der Waals surface area contributed by atoms with Crippen LogP contribution < -0.4 is 5.32 Å².